The molecular formula is C22H28N2O3. The van der Waals surface area contributed by atoms with Crippen molar-refractivity contribution in [2.45, 2.75) is 46.1 Å². The van der Waals surface area contributed by atoms with Crippen molar-refractivity contribution in [3.05, 3.63) is 59.7 Å². The summed E-state index contributed by atoms with van der Waals surface area (Å²) in [6.45, 7) is 6.72. The molecule has 2 aromatic rings. The number of hydrogen-bond donors (Lipinski definition) is 2. The van der Waals surface area contributed by atoms with Gasteiger partial charge in [-0.25, -0.2) is 0 Å². The lowest BCUT2D eigenvalue weighted by Crippen LogP contribution is -2.26. The highest BCUT2D eigenvalue weighted by atomic mass is 16.5. The first-order valence-electron chi connectivity index (χ1n) is 9.50. The summed E-state index contributed by atoms with van der Waals surface area (Å²) in [5.41, 5.74) is 1.43. The number of carbonyl (C=O) groups is 2. The number of rotatable bonds is 9. The lowest BCUT2D eigenvalue weighted by molar-refractivity contribution is 0.0954. The molecule has 1 unspecified atom stereocenters. The van der Waals surface area contributed by atoms with Gasteiger partial charge in [0, 0.05) is 12.1 Å². The van der Waals surface area contributed by atoms with E-state index in [0.29, 0.717) is 29.1 Å². The smallest absolute Gasteiger partial charge is 0.255 e. The lowest BCUT2D eigenvalue weighted by Gasteiger charge is -2.14. The first kappa shape index (κ1) is 20.5. The summed E-state index contributed by atoms with van der Waals surface area (Å²) < 4.78 is 5.78. The van der Waals surface area contributed by atoms with E-state index in [0.717, 1.165) is 19.3 Å². The zero-order valence-electron chi connectivity index (χ0n) is 16.2. The van der Waals surface area contributed by atoms with E-state index in [1.165, 1.54) is 0 Å². The molecule has 144 valence electrons. The lowest BCUT2D eigenvalue weighted by atomic mass is 10.1. The topological polar surface area (TPSA) is 67.4 Å². The zero-order chi connectivity index (χ0) is 19.6. The molecule has 2 rings (SSSR count). The molecule has 2 aromatic carbocycles. The average Bonchev–Trinajstić information content (AvgIpc) is 2.68. The maximum Gasteiger partial charge on any atom is 0.255 e. The number of ether oxygens (including phenoxy) is 1. The second-order valence-electron chi connectivity index (χ2n) is 6.47. The van der Waals surface area contributed by atoms with Crippen LogP contribution >= 0.6 is 0 Å². The molecule has 0 heterocycles. The molecule has 0 saturated carbocycles. The first-order chi connectivity index (χ1) is 13.0. The SMILES string of the molecule is CCCCNC(=O)c1ccccc1NC(=O)c1cccc(OC(C)CC)c1. The van der Waals surface area contributed by atoms with Crippen molar-refractivity contribution in [3.63, 3.8) is 0 Å². The van der Waals surface area contributed by atoms with E-state index in [-0.39, 0.29) is 17.9 Å². The number of amides is 2. The Balaban J connectivity index is 2.12. The summed E-state index contributed by atoms with van der Waals surface area (Å²) in [4.78, 5) is 25.0. The van der Waals surface area contributed by atoms with E-state index in [1.807, 2.05) is 19.9 Å². The molecule has 2 N–H and O–H groups in total. The van der Waals surface area contributed by atoms with Crippen LogP contribution in [0.5, 0.6) is 5.75 Å². The van der Waals surface area contributed by atoms with Gasteiger partial charge in [0.1, 0.15) is 5.75 Å². The Morgan fingerprint density at radius 2 is 1.81 bits per heavy atom. The van der Waals surface area contributed by atoms with Gasteiger partial charge in [0.05, 0.1) is 17.4 Å². The molecule has 27 heavy (non-hydrogen) atoms. The maximum atomic E-state index is 12.7. The summed E-state index contributed by atoms with van der Waals surface area (Å²) >= 11 is 0. The number of hydrogen-bond acceptors (Lipinski definition) is 3. The molecule has 0 saturated heterocycles. The van der Waals surface area contributed by atoms with Crippen molar-refractivity contribution >= 4 is 17.5 Å². The van der Waals surface area contributed by atoms with Crippen molar-refractivity contribution in [1.82, 2.24) is 5.32 Å². The summed E-state index contributed by atoms with van der Waals surface area (Å²) in [5.74, 6) is 0.189. The van der Waals surface area contributed by atoms with Crippen molar-refractivity contribution in [3.8, 4) is 5.75 Å². The number of unbranched alkanes of at least 4 members (excludes halogenated alkanes) is 1. The number of carbonyl (C=O) groups excluding carboxylic acids is 2. The number of para-hydroxylation sites is 1. The molecule has 5 nitrogen and oxygen atoms in total. The molecule has 0 fully saturated rings. The summed E-state index contributed by atoms with van der Waals surface area (Å²) in [7, 11) is 0. The molecule has 0 aliphatic rings. The Morgan fingerprint density at radius 1 is 1.04 bits per heavy atom. The van der Waals surface area contributed by atoms with Gasteiger partial charge >= 0.3 is 0 Å². The Bertz CT molecular complexity index is 774. The fraction of sp³-hybridized carbons (Fsp3) is 0.364. The number of benzene rings is 2. The van der Waals surface area contributed by atoms with Crippen LogP contribution in [-0.2, 0) is 0 Å². The molecule has 0 radical (unpaired) electrons. The molecule has 5 heteroatoms. The van der Waals surface area contributed by atoms with Gasteiger partial charge in [-0.1, -0.05) is 38.5 Å². The third-order valence-electron chi connectivity index (χ3n) is 4.24. The molecule has 0 spiro atoms. The Hall–Kier alpha value is -2.82. The van der Waals surface area contributed by atoms with Crippen molar-refractivity contribution < 1.29 is 14.3 Å². The Kier molecular flexibility index (Phi) is 7.86. The van der Waals surface area contributed by atoms with Gasteiger partial charge < -0.3 is 15.4 Å². The minimum Gasteiger partial charge on any atom is -0.491 e. The summed E-state index contributed by atoms with van der Waals surface area (Å²) in [6.07, 6.45) is 2.89. The van der Waals surface area contributed by atoms with Crippen molar-refractivity contribution in [1.29, 1.82) is 0 Å². The summed E-state index contributed by atoms with van der Waals surface area (Å²) in [6, 6.07) is 14.1. The predicted octanol–water partition coefficient (Wildman–Crippen LogP) is 4.65. The van der Waals surface area contributed by atoms with E-state index in [9.17, 15) is 9.59 Å². The highest BCUT2D eigenvalue weighted by Crippen LogP contribution is 2.19. The normalized spacial score (nSPS) is 11.5. The molecule has 0 aliphatic heterocycles. The largest absolute Gasteiger partial charge is 0.491 e. The van der Waals surface area contributed by atoms with Gasteiger partial charge in [-0.3, -0.25) is 9.59 Å². The summed E-state index contributed by atoms with van der Waals surface area (Å²) in [5, 5.41) is 5.72. The number of anilines is 1. The highest BCUT2D eigenvalue weighted by molar-refractivity contribution is 6.09. The van der Waals surface area contributed by atoms with Gasteiger partial charge in [-0.05, 0) is 50.1 Å². The van der Waals surface area contributed by atoms with E-state index in [2.05, 4.69) is 17.6 Å². The van der Waals surface area contributed by atoms with E-state index >= 15 is 0 Å². The van der Waals surface area contributed by atoms with Crippen LogP contribution < -0.4 is 15.4 Å². The third kappa shape index (κ3) is 6.13. The van der Waals surface area contributed by atoms with Gasteiger partial charge in [0.15, 0.2) is 0 Å². The minimum atomic E-state index is -0.279. The van der Waals surface area contributed by atoms with Gasteiger partial charge in [-0.2, -0.15) is 0 Å². The second-order valence-corrected chi connectivity index (χ2v) is 6.47. The third-order valence-corrected chi connectivity index (χ3v) is 4.24. The minimum absolute atomic E-state index is 0.0795. The van der Waals surface area contributed by atoms with Gasteiger partial charge in [0.2, 0.25) is 0 Å². The maximum absolute atomic E-state index is 12.7. The Morgan fingerprint density at radius 3 is 2.56 bits per heavy atom. The van der Waals surface area contributed by atoms with Crippen LogP contribution in [0.3, 0.4) is 0 Å². The monoisotopic (exact) mass is 368 g/mol. The predicted molar refractivity (Wildman–Crippen MR) is 108 cm³/mol. The standard InChI is InChI=1S/C22H28N2O3/c1-4-6-14-23-22(26)19-12-7-8-13-20(19)24-21(25)17-10-9-11-18(15-17)27-16(3)5-2/h7-13,15-16H,4-6,14H2,1-3H3,(H,23,26)(H,24,25). The molecule has 0 aromatic heterocycles. The second kappa shape index (κ2) is 10.4. The highest BCUT2D eigenvalue weighted by Gasteiger charge is 2.14. The number of nitrogens with one attached hydrogen (secondary N) is 2. The van der Waals surface area contributed by atoms with Crippen LogP contribution in [0.15, 0.2) is 48.5 Å². The quantitative estimate of drug-likeness (QED) is 0.633. The van der Waals surface area contributed by atoms with Gasteiger partial charge in [0.25, 0.3) is 11.8 Å². The van der Waals surface area contributed by atoms with E-state index in [4.69, 9.17) is 4.74 Å². The molecular weight excluding hydrogens is 340 g/mol. The molecule has 1 atom stereocenters. The van der Waals surface area contributed by atoms with Crippen LogP contribution in [0.25, 0.3) is 0 Å². The molecule has 0 aliphatic carbocycles. The zero-order valence-corrected chi connectivity index (χ0v) is 16.2. The Labute approximate surface area is 161 Å². The van der Waals surface area contributed by atoms with Crippen LogP contribution in [0, 0.1) is 0 Å². The molecule has 2 amide bonds. The average molecular weight is 368 g/mol. The van der Waals surface area contributed by atoms with Crippen LogP contribution in [0.2, 0.25) is 0 Å². The van der Waals surface area contributed by atoms with Crippen molar-refractivity contribution in [2.75, 3.05) is 11.9 Å². The van der Waals surface area contributed by atoms with Crippen molar-refractivity contribution in [2.24, 2.45) is 0 Å². The molecule has 0 bridgehead atoms. The fourth-order valence-corrected chi connectivity index (χ4v) is 2.48. The van der Waals surface area contributed by atoms with Crippen LogP contribution in [-0.4, -0.2) is 24.5 Å². The van der Waals surface area contributed by atoms with Crippen LogP contribution in [0.4, 0.5) is 5.69 Å². The van der Waals surface area contributed by atoms with E-state index in [1.54, 1.807) is 42.5 Å². The first-order valence-corrected chi connectivity index (χ1v) is 9.50. The van der Waals surface area contributed by atoms with Gasteiger partial charge in [-0.15, -0.1) is 0 Å². The van der Waals surface area contributed by atoms with Crippen LogP contribution in [0.1, 0.15) is 60.7 Å². The fourth-order valence-electron chi connectivity index (χ4n) is 2.48. The van der Waals surface area contributed by atoms with E-state index < -0.39 is 0 Å².